The number of fused-ring (bicyclic) bond motifs is 1. The number of pyridine rings is 1. The van der Waals surface area contributed by atoms with Gasteiger partial charge in [-0.25, -0.2) is 9.37 Å². The van der Waals surface area contributed by atoms with Crippen LogP contribution in [0.1, 0.15) is 66.4 Å². The van der Waals surface area contributed by atoms with Crippen LogP contribution in [0.2, 0.25) is 0 Å². The number of carboxylic acids is 1. The number of unbranched alkanes of at least 4 members (excludes halogenated alkanes) is 2. The third kappa shape index (κ3) is 6.11. The van der Waals surface area contributed by atoms with E-state index in [4.69, 9.17) is 19.2 Å². The Balaban J connectivity index is 1.10. The highest BCUT2D eigenvalue weighted by Crippen LogP contribution is 2.38. The highest BCUT2D eigenvalue weighted by molar-refractivity contribution is 5.77. The molecule has 1 aromatic heterocycles. The number of anilines is 1. The molecular formula is C29H38FN3O5. The molecule has 0 spiro atoms. The van der Waals surface area contributed by atoms with Crippen molar-refractivity contribution in [3.8, 4) is 5.75 Å². The first kappa shape index (κ1) is 26.8. The number of likely N-dealkylation sites (tertiary alicyclic amines) is 1. The average molecular weight is 528 g/mol. The van der Waals surface area contributed by atoms with Crippen LogP contribution in [-0.4, -0.2) is 73.6 Å². The van der Waals surface area contributed by atoms with Crippen molar-refractivity contribution in [1.29, 1.82) is 0 Å². The normalized spacial score (nSPS) is 20.4. The highest BCUT2D eigenvalue weighted by Gasteiger charge is 2.37. The number of aromatic nitrogens is 1. The fourth-order valence-electron chi connectivity index (χ4n) is 5.67. The largest absolute Gasteiger partial charge is 0.493 e. The minimum atomic E-state index is -1.02. The summed E-state index contributed by atoms with van der Waals surface area (Å²) in [5.74, 6) is -0.428. The molecule has 2 saturated heterocycles. The van der Waals surface area contributed by atoms with Crippen LogP contribution < -0.4 is 10.1 Å². The lowest BCUT2D eigenvalue weighted by molar-refractivity contribution is -0.143. The number of methoxy groups -OCH3 is 1. The Morgan fingerprint density at radius 1 is 1.29 bits per heavy atom. The molecule has 2 N–H and O–H groups in total. The van der Waals surface area contributed by atoms with Crippen molar-refractivity contribution in [1.82, 2.24) is 9.88 Å². The number of rotatable bonds is 12. The van der Waals surface area contributed by atoms with Crippen molar-refractivity contribution in [2.24, 2.45) is 0 Å². The Bertz CT molecular complexity index is 1130. The number of aryl methyl sites for hydroxylation is 2. The number of nitrogens with one attached hydrogen (secondary N) is 1. The topological polar surface area (TPSA) is 93.2 Å². The van der Waals surface area contributed by atoms with E-state index >= 15 is 0 Å². The number of halogens is 1. The fourth-order valence-corrected chi connectivity index (χ4v) is 5.67. The SMILES string of the molecule is COc1c(F)cc(C2COC2)cc1[C@H](C(=O)O)N1CC[C@@H](OCCCCCc2ccc3c(n2)NCCC3)C1. The van der Waals surface area contributed by atoms with Gasteiger partial charge < -0.3 is 24.6 Å². The van der Waals surface area contributed by atoms with Gasteiger partial charge in [-0.15, -0.1) is 0 Å². The molecule has 2 fully saturated rings. The van der Waals surface area contributed by atoms with E-state index in [1.165, 1.54) is 25.2 Å². The lowest BCUT2D eigenvalue weighted by Gasteiger charge is -2.30. The first-order chi connectivity index (χ1) is 18.5. The van der Waals surface area contributed by atoms with Gasteiger partial charge in [0.2, 0.25) is 0 Å². The zero-order valence-corrected chi connectivity index (χ0v) is 22.1. The molecule has 0 bridgehead atoms. The third-order valence-electron chi connectivity index (χ3n) is 7.86. The summed E-state index contributed by atoms with van der Waals surface area (Å²) in [4.78, 5) is 19.0. The Morgan fingerprint density at radius 3 is 2.92 bits per heavy atom. The molecule has 5 rings (SSSR count). The first-order valence-electron chi connectivity index (χ1n) is 13.8. The second kappa shape index (κ2) is 12.4. The number of benzene rings is 1. The predicted molar refractivity (Wildman–Crippen MR) is 141 cm³/mol. The fraction of sp³-hybridized carbons (Fsp3) is 0.586. The summed E-state index contributed by atoms with van der Waals surface area (Å²) in [7, 11) is 1.38. The van der Waals surface area contributed by atoms with E-state index in [1.54, 1.807) is 6.07 Å². The van der Waals surface area contributed by atoms with Gasteiger partial charge in [0.05, 0.1) is 26.4 Å². The maximum absolute atomic E-state index is 14.9. The predicted octanol–water partition coefficient (Wildman–Crippen LogP) is 4.33. The molecule has 0 saturated carbocycles. The van der Waals surface area contributed by atoms with E-state index in [1.807, 2.05) is 4.90 Å². The van der Waals surface area contributed by atoms with Gasteiger partial charge in [-0.05, 0) is 67.9 Å². The van der Waals surface area contributed by atoms with Crippen molar-refractivity contribution in [2.75, 3.05) is 51.9 Å². The molecular weight excluding hydrogens is 489 g/mol. The van der Waals surface area contributed by atoms with E-state index in [9.17, 15) is 14.3 Å². The summed E-state index contributed by atoms with van der Waals surface area (Å²) in [6, 6.07) is 6.56. The number of nitrogens with zero attached hydrogens (tertiary/aromatic N) is 2. The van der Waals surface area contributed by atoms with E-state index in [-0.39, 0.29) is 17.8 Å². The average Bonchev–Trinajstić information content (AvgIpc) is 3.33. The molecule has 4 heterocycles. The van der Waals surface area contributed by atoms with Crippen LogP contribution in [0, 0.1) is 5.82 Å². The quantitative estimate of drug-likeness (QED) is 0.394. The molecule has 0 aliphatic carbocycles. The maximum Gasteiger partial charge on any atom is 0.325 e. The van der Waals surface area contributed by atoms with Gasteiger partial charge in [-0.3, -0.25) is 9.69 Å². The summed E-state index contributed by atoms with van der Waals surface area (Å²) in [5, 5.41) is 13.5. The van der Waals surface area contributed by atoms with Crippen molar-refractivity contribution in [3.05, 3.63) is 52.5 Å². The van der Waals surface area contributed by atoms with Crippen LogP contribution in [0.3, 0.4) is 0 Å². The van der Waals surface area contributed by atoms with Gasteiger partial charge in [-0.1, -0.05) is 12.5 Å². The summed E-state index contributed by atoms with van der Waals surface area (Å²) in [5.41, 5.74) is 3.55. The van der Waals surface area contributed by atoms with Crippen LogP contribution in [0.25, 0.3) is 0 Å². The van der Waals surface area contributed by atoms with E-state index in [2.05, 4.69) is 17.4 Å². The molecule has 38 heavy (non-hydrogen) atoms. The third-order valence-corrected chi connectivity index (χ3v) is 7.86. The molecule has 9 heteroatoms. The molecule has 206 valence electrons. The Kier molecular flexibility index (Phi) is 8.76. The van der Waals surface area contributed by atoms with Crippen LogP contribution in [-0.2, 0) is 27.1 Å². The van der Waals surface area contributed by atoms with Crippen LogP contribution in [0.4, 0.5) is 10.2 Å². The van der Waals surface area contributed by atoms with Crippen molar-refractivity contribution < 1.29 is 28.5 Å². The number of hydrogen-bond acceptors (Lipinski definition) is 7. The lowest BCUT2D eigenvalue weighted by Crippen LogP contribution is -2.34. The summed E-state index contributed by atoms with van der Waals surface area (Å²) >= 11 is 0. The van der Waals surface area contributed by atoms with Crippen molar-refractivity contribution in [3.63, 3.8) is 0 Å². The minimum Gasteiger partial charge on any atom is -0.493 e. The van der Waals surface area contributed by atoms with Gasteiger partial charge >= 0.3 is 5.97 Å². The Morgan fingerprint density at radius 2 is 2.16 bits per heavy atom. The van der Waals surface area contributed by atoms with Gasteiger partial charge in [0.25, 0.3) is 0 Å². The molecule has 2 aromatic rings. The second-order valence-corrected chi connectivity index (χ2v) is 10.5. The molecule has 0 radical (unpaired) electrons. The van der Waals surface area contributed by atoms with E-state index < -0.39 is 17.8 Å². The number of carbonyl (C=O) groups is 1. The Labute approximate surface area is 223 Å². The Hall–Kier alpha value is -2.75. The van der Waals surface area contributed by atoms with E-state index in [0.29, 0.717) is 38.5 Å². The summed E-state index contributed by atoms with van der Waals surface area (Å²) in [6.45, 7) is 3.74. The standard InChI is InChI=1S/C29H38FN3O5/c1-36-27-24(14-20(15-25(27)30)21-17-37-18-21)26(29(34)35)33-12-10-23(16-33)38-13-4-2-3-7-22-9-8-19-6-5-11-31-28(19)32-22/h8-9,14-15,21,23,26H,2-7,10-13,16-18H2,1H3,(H,31,32)(H,34,35)/t23-,26-/m1/s1. The minimum absolute atomic E-state index is 0.00467. The van der Waals surface area contributed by atoms with Crippen molar-refractivity contribution >= 4 is 11.8 Å². The van der Waals surface area contributed by atoms with Gasteiger partial charge in [-0.2, -0.15) is 0 Å². The highest BCUT2D eigenvalue weighted by atomic mass is 19.1. The molecule has 0 amide bonds. The molecule has 8 nitrogen and oxygen atoms in total. The second-order valence-electron chi connectivity index (χ2n) is 10.5. The molecule has 1 aromatic carbocycles. The number of carboxylic acid groups (broad SMARTS) is 1. The van der Waals surface area contributed by atoms with Gasteiger partial charge in [0.15, 0.2) is 11.6 Å². The van der Waals surface area contributed by atoms with Crippen LogP contribution >= 0.6 is 0 Å². The smallest absolute Gasteiger partial charge is 0.325 e. The lowest BCUT2D eigenvalue weighted by atomic mass is 9.92. The van der Waals surface area contributed by atoms with Gasteiger partial charge in [0.1, 0.15) is 11.9 Å². The monoisotopic (exact) mass is 527 g/mol. The number of ether oxygens (including phenoxy) is 3. The molecule has 3 aliphatic heterocycles. The zero-order chi connectivity index (χ0) is 26.5. The first-order valence-corrected chi connectivity index (χ1v) is 13.8. The molecule has 2 atom stereocenters. The number of aliphatic carboxylic acids is 1. The van der Waals surface area contributed by atoms with Crippen LogP contribution in [0.5, 0.6) is 5.75 Å². The molecule has 0 unspecified atom stereocenters. The summed E-state index contributed by atoms with van der Waals surface area (Å²) in [6.07, 6.45) is 6.99. The van der Waals surface area contributed by atoms with Crippen LogP contribution in [0.15, 0.2) is 24.3 Å². The van der Waals surface area contributed by atoms with Crippen molar-refractivity contribution in [2.45, 2.75) is 63.0 Å². The van der Waals surface area contributed by atoms with E-state index in [0.717, 1.165) is 62.1 Å². The summed E-state index contributed by atoms with van der Waals surface area (Å²) < 4.78 is 31.5. The maximum atomic E-state index is 14.9. The number of hydrogen-bond donors (Lipinski definition) is 2. The van der Waals surface area contributed by atoms with Gasteiger partial charge in [0, 0.05) is 43.4 Å². The molecule has 3 aliphatic rings. The zero-order valence-electron chi connectivity index (χ0n) is 22.1.